The summed E-state index contributed by atoms with van der Waals surface area (Å²) in [5, 5.41) is 2.72. The highest BCUT2D eigenvalue weighted by Crippen LogP contribution is 2.38. The molecule has 0 aliphatic rings. The Morgan fingerprint density at radius 1 is 0.962 bits per heavy atom. The van der Waals surface area contributed by atoms with Gasteiger partial charge < -0.3 is 19.5 Å². The van der Waals surface area contributed by atoms with Crippen LogP contribution in [-0.2, 0) is 4.79 Å². The standard InChI is InChI=1S/C20H21NO5/c1-13(22)15-6-5-7-16(12-15)21-19(23)9-8-14-10-17(24-2)20(26-4)18(11-14)25-3/h5-12H,1-4H3,(H,21,23)/b9-8+. The molecule has 0 radical (unpaired) electrons. The van der Waals surface area contributed by atoms with Crippen LogP contribution in [-0.4, -0.2) is 33.0 Å². The Balaban J connectivity index is 2.17. The predicted octanol–water partition coefficient (Wildman–Crippen LogP) is 3.57. The largest absolute Gasteiger partial charge is 0.493 e. The van der Waals surface area contributed by atoms with Crippen LogP contribution in [0.1, 0.15) is 22.8 Å². The highest BCUT2D eigenvalue weighted by atomic mass is 16.5. The van der Waals surface area contributed by atoms with Gasteiger partial charge in [0.15, 0.2) is 17.3 Å². The molecule has 136 valence electrons. The first-order valence-corrected chi connectivity index (χ1v) is 7.88. The van der Waals surface area contributed by atoms with E-state index in [1.54, 1.807) is 42.5 Å². The van der Waals surface area contributed by atoms with E-state index < -0.39 is 0 Å². The molecule has 0 aliphatic heterocycles. The third-order valence-electron chi connectivity index (χ3n) is 3.65. The third-order valence-corrected chi connectivity index (χ3v) is 3.65. The molecule has 1 amide bonds. The molecule has 2 aromatic rings. The molecule has 2 rings (SSSR count). The van der Waals surface area contributed by atoms with Gasteiger partial charge in [-0.1, -0.05) is 12.1 Å². The Hall–Kier alpha value is -3.28. The molecule has 6 nitrogen and oxygen atoms in total. The number of rotatable bonds is 7. The second-order valence-corrected chi connectivity index (χ2v) is 5.42. The minimum absolute atomic E-state index is 0.0611. The Morgan fingerprint density at radius 2 is 1.62 bits per heavy atom. The lowest BCUT2D eigenvalue weighted by atomic mass is 10.1. The monoisotopic (exact) mass is 355 g/mol. The Labute approximate surface area is 152 Å². The van der Waals surface area contributed by atoms with Crippen LogP contribution in [0.4, 0.5) is 5.69 Å². The maximum absolute atomic E-state index is 12.1. The average molecular weight is 355 g/mol. The van der Waals surface area contributed by atoms with Crippen molar-refractivity contribution < 1.29 is 23.8 Å². The van der Waals surface area contributed by atoms with Crippen LogP contribution in [0.5, 0.6) is 17.2 Å². The fourth-order valence-corrected chi connectivity index (χ4v) is 2.37. The predicted molar refractivity (Wildman–Crippen MR) is 100 cm³/mol. The van der Waals surface area contributed by atoms with Crippen molar-refractivity contribution in [3.05, 3.63) is 53.6 Å². The molecule has 0 atom stereocenters. The zero-order valence-electron chi connectivity index (χ0n) is 15.2. The first-order valence-electron chi connectivity index (χ1n) is 7.88. The van der Waals surface area contributed by atoms with E-state index in [-0.39, 0.29) is 11.7 Å². The van der Waals surface area contributed by atoms with Crippen molar-refractivity contribution >= 4 is 23.5 Å². The number of carbonyl (C=O) groups excluding carboxylic acids is 2. The van der Waals surface area contributed by atoms with Crippen LogP contribution >= 0.6 is 0 Å². The van der Waals surface area contributed by atoms with Crippen molar-refractivity contribution in [2.75, 3.05) is 26.6 Å². The van der Waals surface area contributed by atoms with Gasteiger partial charge in [0.2, 0.25) is 11.7 Å². The highest BCUT2D eigenvalue weighted by molar-refractivity contribution is 6.03. The number of Topliss-reactive ketones (excluding diaryl/α,β-unsaturated/α-hetero) is 1. The van der Waals surface area contributed by atoms with Crippen LogP contribution in [0, 0.1) is 0 Å². The number of benzene rings is 2. The lowest BCUT2D eigenvalue weighted by Gasteiger charge is -2.12. The van der Waals surface area contributed by atoms with Gasteiger partial charge in [0.05, 0.1) is 21.3 Å². The number of nitrogens with one attached hydrogen (secondary N) is 1. The lowest BCUT2D eigenvalue weighted by Crippen LogP contribution is -2.08. The molecule has 0 fully saturated rings. The fourth-order valence-electron chi connectivity index (χ4n) is 2.37. The summed E-state index contributed by atoms with van der Waals surface area (Å²) in [5.74, 6) is 1.10. The van der Waals surface area contributed by atoms with Gasteiger partial charge >= 0.3 is 0 Å². The van der Waals surface area contributed by atoms with Crippen molar-refractivity contribution in [2.24, 2.45) is 0 Å². The first kappa shape index (κ1) is 19.1. The number of hydrogen-bond acceptors (Lipinski definition) is 5. The number of amides is 1. The van der Waals surface area contributed by atoms with Gasteiger partial charge in [-0.25, -0.2) is 0 Å². The summed E-state index contributed by atoms with van der Waals surface area (Å²) in [6.45, 7) is 1.48. The first-order chi connectivity index (χ1) is 12.5. The number of carbonyl (C=O) groups is 2. The molecule has 0 aliphatic carbocycles. The second kappa shape index (κ2) is 8.71. The van der Waals surface area contributed by atoms with Gasteiger partial charge in [-0.3, -0.25) is 9.59 Å². The number of ketones is 1. The van der Waals surface area contributed by atoms with Crippen LogP contribution in [0.15, 0.2) is 42.5 Å². The zero-order valence-corrected chi connectivity index (χ0v) is 15.2. The van der Waals surface area contributed by atoms with E-state index in [9.17, 15) is 9.59 Å². The number of methoxy groups -OCH3 is 3. The van der Waals surface area contributed by atoms with Crippen LogP contribution in [0.2, 0.25) is 0 Å². The molecular weight excluding hydrogens is 334 g/mol. The summed E-state index contributed by atoms with van der Waals surface area (Å²) >= 11 is 0. The van der Waals surface area contributed by atoms with Crippen molar-refractivity contribution in [3.8, 4) is 17.2 Å². The molecule has 0 unspecified atom stereocenters. The molecule has 0 bridgehead atoms. The molecule has 0 aromatic heterocycles. The molecule has 1 N–H and O–H groups in total. The van der Waals surface area contributed by atoms with Crippen LogP contribution in [0.3, 0.4) is 0 Å². The minimum Gasteiger partial charge on any atom is -0.493 e. The number of ether oxygens (including phenoxy) is 3. The van der Waals surface area contributed by atoms with E-state index in [1.807, 2.05) is 0 Å². The van der Waals surface area contributed by atoms with E-state index >= 15 is 0 Å². The van der Waals surface area contributed by atoms with Crippen molar-refractivity contribution in [1.29, 1.82) is 0 Å². The Bertz CT molecular complexity index is 817. The molecule has 2 aromatic carbocycles. The molecular formula is C20H21NO5. The summed E-state index contributed by atoms with van der Waals surface area (Å²) < 4.78 is 15.8. The summed E-state index contributed by atoms with van der Waals surface area (Å²) in [6.07, 6.45) is 3.02. The van der Waals surface area contributed by atoms with Gasteiger partial charge in [0.25, 0.3) is 0 Å². The molecule has 0 saturated heterocycles. The normalized spacial score (nSPS) is 10.5. The molecule has 26 heavy (non-hydrogen) atoms. The number of anilines is 1. The van der Waals surface area contributed by atoms with Gasteiger partial charge in [0.1, 0.15) is 0 Å². The number of hydrogen-bond donors (Lipinski definition) is 1. The Morgan fingerprint density at radius 3 is 2.15 bits per heavy atom. The highest BCUT2D eigenvalue weighted by Gasteiger charge is 2.12. The van der Waals surface area contributed by atoms with Crippen molar-refractivity contribution in [1.82, 2.24) is 0 Å². The summed E-state index contributed by atoms with van der Waals surface area (Å²) in [7, 11) is 4.58. The van der Waals surface area contributed by atoms with Gasteiger partial charge in [-0.05, 0) is 42.8 Å². The van der Waals surface area contributed by atoms with Crippen molar-refractivity contribution in [2.45, 2.75) is 6.92 Å². The summed E-state index contributed by atoms with van der Waals surface area (Å²) in [5.41, 5.74) is 1.81. The lowest BCUT2D eigenvalue weighted by molar-refractivity contribution is -0.111. The molecule has 0 spiro atoms. The van der Waals surface area contributed by atoms with E-state index in [2.05, 4.69) is 5.32 Å². The summed E-state index contributed by atoms with van der Waals surface area (Å²) in [6, 6.07) is 10.2. The maximum Gasteiger partial charge on any atom is 0.248 e. The van der Waals surface area contributed by atoms with Crippen molar-refractivity contribution in [3.63, 3.8) is 0 Å². The smallest absolute Gasteiger partial charge is 0.248 e. The van der Waals surface area contributed by atoms with E-state index in [4.69, 9.17) is 14.2 Å². The average Bonchev–Trinajstić information content (AvgIpc) is 2.65. The van der Waals surface area contributed by atoms with Gasteiger partial charge in [-0.15, -0.1) is 0 Å². The van der Waals surface area contributed by atoms with E-state index in [0.717, 1.165) is 0 Å². The topological polar surface area (TPSA) is 73.9 Å². The van der Waals surface area contributed by atoms with E-state index in [0.29, 0.717) is 34.1 Å². The third kappa shape index (κ3) is 4.63. The van der Waals surface area contributed by atoms with Gasteiger partial charge in [0, 0.05) is 17.3 Å². The summed E-state index contributed by atoms with van der Waals surface area (Å²) in [4.78, 5) is 23.5. The quantitative estimate of drug-likeness (QED) is 0.607. The molecule has 0 saturated carbocycles. The maximum atomic E-state index is 12.1. The fraction of sp³-hybridized carbons (Fsp3) is 0.200. The van der Waals surface area contributed by atoms with Gasteiger partial charge in [-0.2, -0.15) is 0 Å². The zero-order chi connectivity index (χ0) is 19.1. The molecule has 6 heteroatoms. The SMILES string of the molecule is COc1cc(/C=C/C(=O)Nc2cccc(C(C)=O)c2)cc(OC)c1OC. The second-order valence-electron chi connectivity index (χ2n) is 5.42. The minimum atomic E-state index is -0.320. The Kier molecular flexibility index (Phi) is 6.38. The molecule has 0 heterocycles. The van der Waals surface area contributed by atoms with Crippen LogP contribution < -0.4 is 19.5 Å². The van der Waals surface area contributed by atoms with Crippen LogP contribution in [0.25, 0.3) is 6.08 Å². The van der Waals surface area contributed by atoms with E-state index in [1.165, 1.54) is 34.3 Å².